The van der Waals surface area contributed by atoms with Crippen LogP contribution >= 0.6 is 0 Å². The SMILES string of the molecule is C=CC(C)(C)C.CC.CC(C)(C)C.CO. The number of allylic oxidation sites excluding steroid dienone is 1. The smallest absolute Gasteiger partial charge is 0.0319 e. The predicted octanol–water partition coefficient (Wildman–Crippen LogP) is 4.91. The molecular weight excluding hydrogens is 184 g/mol. The molecule has 0 radical (unpaired) electrons. The van der Waals surface area contributed by atoms with Crippen molar-refractivity contribution in [1.29, 1.82) is 0 Å². The molecule has 0 bridgehead atoms. The largest absolute Gasteiger partial charge is 0.400 e. The Hall–Kier alpha value is -0.300. The average Bonchev–Trinajstić information content (AvgIpc) is 2.07. The van der Waals surface area contributed by atoms with Crippen molar-refractivity contribution in [3.05, 3.63) is 12.7 Å². The number of hydrogen-bond donors (Lipinski definition) is 1. The van der Waals surface area contributed by atoms with Crippen LogP contribution in [0, 0.1) is 10.8 Å². The Morgan fingerprint density at radius 3 is 0.867 bits per heavy atom. The maximum Gasteiger partial charge on any atom is 0.0319 e. The van der Waals surface area contributed by atoms with Gasteiger partial charge in [0.2, 0.25) is 0 Å². The van der Waals surface area contributed by atoms with E-state index in [-0.39, 0.29) is 0 Å². The van der Waals surface area contributed by atoms with Crippen LogP contribution in [0.3, 0.4) is 0 Å². The Kier molecular flexibility index (Phi) is 22.0. The Labute approximate surface area is 98.6 Å². The first-order chi connectivity index (χ1) is 6.56. The highest BCUT2D eigenvalue weighted by Gasteiger charge is 1.99. The first-order valence-corrected chi connectivity index (χ1v) is 5.64. The summed E-state index contributed by atoms with van der Waals surface area (Å²) in [7, 11) is 1.00. The van der Waals surface area contributed by atoms with Crippen molar-refractivity contribution in [3.63, 3.8) is 0 Å². The molecule has 0 heterocycles. The molecule has 0 aromatic carbocycles. The average molecular weight is 218 g/mol. The van der Waals surface area contributed by atoms with Crippen molar-refractivity contribution >= 4 is 0 Å². The lowest BCUT2D eigenvalue weighted by molar-refractivity contribution is 0.399. The van der Waals surface area contributed by atoms with Crippen LogP contribution in [0.2, 0.25) is 0 Å². The van der Waals surface area contributed by atoms with Gasteiger partial charge in [-0.05, 0) is 10.8 Å². The van der Waals surface area contributed by atoms with Crippen LogP contribution in [-0.2, 0) is 0 Å². The lowest BCUT2D eigenvalue weighted by atomic mass is 9.98. The van der Waals surface area contributed by atoms with Gasteiger partial charge in [0, 0.05) is 7.11 Å². The van der Waals surface area contributed by atoms with Gasteiger partial charge in [-0.3, -0.25) is 0 Å². The molecule has 0 spiro atoms. The summed E-state index contributed by atoms with van der Waals surface area (Å²) in [6.45, 7) is 22.8. The van der Waals surface area contributed by atoms with Crippen LogP contribution in [-0.4, -0.2) is 12.2 Å². The minimum atomic E-state index is 0.306. The van der Waals surface area contributed by atoms with Crippen molar-refractivity contribution in [1.82, 2.24) is 0 Å². The van der Waals surface area contributed by atoms with Crippen LogP contribution in [0.4, 0.5) is 0 Å². The standard InChI is InChI=1S/C6H12.C5H12.C2H6.CH4O/c1-5-6(2,3)4;1-5(2,3)4;2*1-2/h5H,1H2,2-4H3;1-4H3;1-2H3;2H,1H3. The molecule has 15 heavy (non-hydrogen) atoms. The Balaban J connectivity index is -0.0000000610. The van der Waals surface area contributed by atoms with Gasteiger partial charge in [0.1, 0.15) is 0 Å². The molecule has 96 valence electrons. The lowest BCUT2D eigenvalue weighted by Gasteiger charge is -2.08. The highest BCUT2D eigenvalue weighted by atomic mass is 16.2. The third kappa shape index (κ3) is 257. The molecule has 1 N–H and O–H groups in total. The van der Waals surface area contributed by atoms with Gasteiger partial charge in [-0.25, -0.2) is 0 Å². The molecule has 0 saturated heterocycles. The van der Waals surface area contributed by atoms with E-state index in [4.69, 9.17) is 5.11 Å². The zero-order valence-electron chi connectivity index (χ0n) is 12.7. The predicted molar refractivity (Wildman–Crippen MR) is 74.3 cm³/mol. The van der Waals surface area contributed by atoms with E-state index in [9.17, 15) is 0 Å². The van der Waals surface area contributed by atoms with Gasteiger partial charge in [0.15, 0.2) is 0 Å². The number of aliphatic hydroxyl groups excluding tert-OH is 1. The Morgan fingerprint density at radius 1 is 0.800 bits per heavy atom. The van der Waals surface area contributed by atoms with E-state index in [1.165, 1.54) is 0 Å². The molecule has 0 aliphatic heterocycles. The Morgan fingerprint density at radius 2 is 0.867 bits per heavy atom. The topological polar surface area (TPSA) is 20.2 Å². The summed E-state index contributed by atoms with van der Waals surface area (Å²) in [6.07, 6.45) is 1.94. The number of aliphatic hydroxyl groups is 1. The van der Waals surface area contributed by atoms with Crippen molar-refractivity contribution in [2.75, 3.05) is 7.11 Å². The van der Waals surface area contributed by atoms with Gasteiger partial charge in [-0.2, -0.15) is 0 Å². The normalized spacial score (nSPS) is 9.27. The molecule has 0 aromatic heterocycles. The molecule has 0 unspecified atom stereocenters. The van der Waals surface area contributed by atoms with E-state index >= 15 is 0 Å². The summed E-state index contributed by atoms with van der Waals surface area (Å²) in [6, 6.07) is 0. The molecule has 0 atom stereocenters. The molecule has 0 rings (SSSR count). The monoisotopic (exact) mass is 218 g/mol. The quantitative estimate of drug-likeness (QED) is 0.573. The highest BCUT2D eigenvalue weighted by Crippen LogP contribution is 2.11. The van der Waals surface area contributed by atoms with Crippen LogP contribution in [0.5, 0.6) is 0 Å². The van der Waals surface area contributed by atoms with Gasteiger partial charge in [-0.1, -0.05) is 68.4 Å². The summed E-state index contributed by atoms with van der Waals surface area (Å²) in [5, 5.41) is 7.00. The van der Waals surface area contributed by atoms with Gasteiger partial charge < -0.3 is 5.11 Å². The van der Waals surface area contributed by atoms with Gasteiger partial charge in [0.25, 0.3) is 0 Å². The van der Waals surface area contributed by atoms with Crippen LogP contribution in [0.25, 0.3) is 0 Å². The summed E-state index contributed by atoms with van der Waals surface area (Å²) in [4.78, 5) is 0. The first-order valence-electron chi connectivity index (χ1n) is 5.64. The van der Waals surface area contributed by atoms with Crippen LogP contribution in [0.1, 0.15) is 62.3 Å². The molecule has 1 heteroatoms. The van der Waals surface area contributed by atoms with E-state index in [0.717, 1.165) is 7.11 Å². The zero-order chi connectivity index (χ0) is 13.7. The van der Waals surface area contributed by atoms with Crippen LogP contribution in [0.15, 0.2) is 12.7 Å². The van der Waals surface area contributed by atoms with Gasteiger partial charge >= 0.3 is 0 Å². The molecule has 0 amide bonds. The second kappa shape index (κ2) is 13.7. The van der Waals surface area contributed by atoms with Crippen molar-refractivity contribution < 1.29 is 5.11 Å². The number of hydrogen-bond acceptors (Lipinski definition) is 1. The fourth-order valence-electron chi connectivity index (χ4n) is 0. The van der Waals surface area contributed by atoms with Gasteiger partial charge in [-0.15, -0.1) is 6.58 Å². The fraction of sp³-hybridized carbons (Fsp3) is 0.857. The van der Waals surface area contributed by atoms with Crippen LogP contribution < -0.4 is 0 Å². The maximum absolute atomic E-state index is 7.00. The van der Waals surface area contributed by atoms with E-state index in [1.807, 2.05) is 19.9 Å². The van der Waals surface area contributed by atoms with Gasteiger partial charge in [0.05, 0.1) is 0 Å². The maximum atomic E-state index is 7.00. The molecular formula is C14H34O. The van der Waals surface area contributed by atoms with Crippen molar-refractivity contribution in [2.24, 2.45) is 10.8 Å². The molecule has 0 aliphatic rings. The molecule has 1 nitrogen and oxygen atoms in total. The van der Waals surface area contributed by atoms with Crippen molar-refractivity contribution in [2.45, 2.75) is 62.3 Å². The van der Waals surface area contributed by atoms with E-state index < -0.39 is 0 Å². The fourth-order valence-corrected chi connectivity index (χ4v) is 0. The summed E-state index contributed by atoms with van der Waals surface area (Å²) < 4.78 is 0. The first kappa shape index (κ1) is 24.1. The number of rotatable bonds is 0. The van der Waals surface area contributed by atoms with E-state index in [0.29, 0.717) is 10.8 Å². The molecule has 0 fully saturated rings. The summed E-state index contributed by atoms with van der Waals surface area (Å²) >= 11 is 0. The third-order valence-electron chi connectivity index (χ3n) is 0.612. The Bertz CT molecular complexity index is 95.5. The minimum absolute atomic E-state index is 0.306. The summed E-state index contributed by atoms with van der Waals surface area (Å²) in [5.41, 5.74) is 0.806. The highest BCUT2D eigenvalue weighted by molar-refractivity contribution is 4.82. The minimum Gasteiger partial charge on any atom is -0.400 e. The third-order valence-corrected chi connectivity index (χ3v) is 0.612. The van der Waals surface area contributed by atoms with Crippen molar-refractivity contribution in [3.8, 4) is 0 Å². The molecule has 0 aliphatic carbocycles. The molecule has 0 saturated carbocycles. The zero-order valence-corrected chi connectivity index (χ0v) is 12.7. The molecule has 0 aromatic rings. The van der Waals surface area contributed by atoms with E-state index in [2.05, 4.69) is 55.0 Å². The van der Waals surface area contributed by atoms with E-state index in [1.54, 1.807) is 0 Å². The second-order valence-electron chi connectivity index (χ2n) is 5.57. The summed E-state index contributed by atoms with van der Waals surface area (Å²) in [5.74, 6) is 0. The second-order valence-corrected chi connectivity index (χ2v) is 5.57. The lowest BCUT2D eigenvalue weighted by Crippen LogP contribution is -1.96.